The predicted octanol–water partition coefficient (Wildman–Crippen LogP) is 3.54. The molecule has 1 saturated carbocycles. The fraction of sp³-hybridized carbons (Fsp3) is 0.462. The van der Waals surface area contributed by atoms with Crippen LogP contribution in [-0.4, -0.2) is 12.5 Å². The van der Waals surface area contributed by atoms with Gasteiger partial charge in [0, 0.05) is 16.7 Å². The second-order valence-corrected chi connectivity index (χ2v) is 5.93. The van der Waals surface area contributed by atoms with Crippen molar-refractivity contribution in [1.29, 1.82) is 0 Å². The third-order valence-electron chi connectivity index (χ3n) is 3.67. The first kappa shape index (κ1) is 15.3. The first-order valence-electron chi connectivity index (χ1n) is 6.16. The summed E-state index contributed by atoms with van der Waals surface area (Å²) in [6.07, 6.45) is -2.19. The smallest absolute Gasteiger partial charge is 0.329 e. The summed E-state index contributed by atoms with van der Waals surface area (Å²) in [5, 5.41) is 2.54. The molecule has 0 aliphatic heterocycles. The number of alkyl halides is 3. The second kappa shape index (κ2) is 5.37. The van der Waals surface area contributed by atoms with E-state index in [9.17, 15) is 18.0 Å². The lowest BCUT2D eigenvalue weighted by Gasteiger charge is -2.39. The van der Waals surface area contributed by atoms with Gasteiger partial charge in [-0.1, -0.05) is 22.4 Å². The number of amides is 1. The molecule has 0 atom stereocenters. The van der Waals surface area contributed by atoms with Crippen molar-refractivity contribution < 1.29 is 18.0 Å². The summed E-state index contributed by atoms with van der Waals surface area (Å²) >= 11 is 3.02. The van der Waals surface area contributed by atoms with Gasteiger partial charge in [-0.3, -0.25) is 4.79 Å². The topological polar surface area (TPSA) is 55.1 Å². The van der Waals surface area contributed by atoms with Crippen LogP contribution in [0.3, 0.4) is 0 Å². The van der Waals surface area contributed by atoms with Crippen molar-refractivity contribution in [2.24, 2.45) is 11.1 Å². The fourth-order valence-corrected chi connectivity index (χ4v) is 2.71. The van der Waals surface area contributed by atoms with Crippen molar-refractivity contribution in [1.82, 2.24) is 0 Å². The lowest BCUT2D eigenvalue weighted by molar-refractivity contribution is -0.137. The minimum Gasteiger partial charge on any atom is -0.329 e. The Balaban J connectivity index is 2.21. The highest BCUT2D eigenvalue weighted by Crippen LogP contribution is 2.41. The highest BCUT2D eigenvalue weighted by Gasteiger charge is 2.43. The number of hydrogen-bond acceptors (Lipinski definition) is 2. The standard InChI is InChI=1S/C13H14BrF3N2O/c14-9-4-8(13(15,16)17)5-10(6-9)19-11(20)12(7-18)2-1-3-12/h4-6H,1-3,7,18H2,(H,19,20). The maximum atomic E-state index is 12.7. The van der Waals surface area contributed by atoms with Crippen LogP contribution in [0.5, 0.6) is 0 Å². The monoisotopic (exact) mass is 350 g/mol. The van der Waals surface area contributed by atoms with Gasteiger partial charge in [-0.05, 0) is 31.0 Å². The highest BCUT2D eigenvalue weighted by molar-refractivity contribution is 9.10. The van der Waals surface area contributed by atoms with Crippen LogP contribution in [0.2, 0.25) is 0 Å². The fourth-order valence-electron chi connectivity index (χ4n) is 2.22. The lowest BCUT2D eigenvalue weighted by atomic mass is 9.68. The van der Waals surface area contributed by atoms with E-state index in [4.69, 9.17) is 5.73 Å². The average Bonchev–Trinajstić information content (AvgIpc) is 2.26. The summed E-state index contributed by atoms with van der Waals surface area (Å²) in [5.41, 5.74) is 4.29. The molecule has 3 N–H and O–H groups in total. The number of halogens is 4. The first-order chi connectivity index (χ1) is 9.27. The van der Waals surface area contributed by atoms with Crippen molar-refractivity contribution in [3.8, 4) is 0 Å². The van der Waals surface area contributed by atoms with Gasteiger partial charge in [-0.15, -0.1) is 0 Å². The molecule has 0 unspecified atom stereocenters. The first-order valence-corrected chi connectivity index (χ1v) is 6.95. The van der Waals surface area contributed by atoms with Crippen LogP contribution in [0.4, 0.5) is 18.9 Å². The number of carbonyl (C=O) groups excluding carboxylic acids is 1. The Labute approximate surface area is 122 Å². The molecular formula is C13H14BrF3N2O. The van der Waals surface area contributed by atoms with Gasteiger partial charge in [0.2, 0.25) is 5.91 Å². The van der Waals surface area contributed by atoms with Gasteiger partial charge in [-0.2, -0.15) is 13.2 Å². The number of nitrogens with two attached hydrogens (primary N) is 1. The van der Waals surface area contributed by atoms with Crippen LogP contribution >= 0.6 is 15.9 Å². The number of anilines is 1. The van der Waals surface area contributed by atoms with Crippen LogP contribution in [0.15, 0.2) is 22.7 Å². The number of rotatable bonds is 3. The van der Waals surface area contributed by atoms with E-state index in [1.807, 2.05) is 0 Å². The molecule has 0 aromatic heterocycles. The summed E-state index contributed by atoms with van der Waals surface area (Å²) in [6, 6.07) is 3.33. The van der Waals surface area contributed by atoms with Gasteiger partial charge in [-0.25, -0.2) is 0 Å². The molecule has 3 nitrogen and oxygen atoms in total. The highest BCUT2D eigenvalue weighted by atomic mass is 79.9. The maximum Gasteiger partial charge on any atom is 0.416 e. The van der Waals surface area contributed by atoms with Gasteiger partial charge in [0.05, 0.1) is 11.0 Å². The zero-order chi connectivity index (χ0) is 15.0. The molecule has 2 rings (SSSR count). The van der Waals surface area contributed by atoms with Crippen LogP contribution < -0.4 is 11.1 Å². The third-order valence-corrected chi connectivity index (χ3v) is 4.12. The summed E-state index contributed by atoms with van der Waals surface area (Å²) in [6.45, 7) is 0.207. The van der Waals surface area contributed by atoms with E-state index in [-0.39, 0.29) is 22.6 Å². The van der Waals surface area contributed by atoms with Crippen molar-refractivity contribution in [2.45, 2.75) is 25.4 Å². The molecular weight excluding hydrogens is 337 g/mol. The molecule has 110 valence electrons. The lowest BCUT2D eigenvalue weighted by Crippen LogP contribution is -2.47. The number of nitrogens with one attached hydrogen (secondary N) is 1. The number of hydrogen-bond donors (Lipinski definition) is 2. The van der Waals surface area contributed by atoms with Crippen LogP contribution in [0, 0.1) is 5.41 Å². The van der Waals surface area contributed by atoms with Gasteiger partial charge in [0.1, 0.15) is 0 Å². The Hall–Kier alpha value is -1.08. The molecule has 0 bridgehead atoms. The van der Waals surface area contributed by atoms with Gasteiger partial charge < -0.3 is 11.1 Å². The zero-order valence-corrected chi connectivity index (χ0v) is 12.1. The van der Waals surface area contributed by atoms with Gasteiger partial charge in [0.25, 0.3) is 0 Å². The van der Waals surface area contributed by atoms with Gasteiger partial charge in [0.15, 0.2) is 0 Å². The van der Waals surface area contributed by atoms with E-state index in [1.165, 1.54) is 6.07 Å². The minimum atomic E-state index is -4.45. The van der Waals surface area contributed by atoms with E-state index < -0.39 is 17.2 Å². The van der Waals surface area contributed by atoms with Gasteiger partial charge >= 0.3 is 6.18 Å². The largest absolute Gasteiger partial charge is 0.416 e. The SMILES string of the molecule is NCC1(C(=O)Nc2cc(Br)cc(C(F)(F)F)c2)CCC1. The van der Waals surface area contributed by atoms with Crippen molar-refractivity contribution >= 4 is 27.5 Å². The normalized spacial score (nSPS) is 17.4. The van der Waals surface area contributed by atoms with Crippen molar-refractivity contribution in [3.63, 3.8) is 0 Å². The predicted molar refractivity (Wildman–Crippen MR) is 73.1 cm³/mol. The molecule has 0 saturated heterocycles. The molecule has 20 heavy (non-hydrogen) atoms. The van der Waals surface area contributed by atoms with Crippen LogP contribution in [0.25, 0.3) is 0 Å². The molecule has 1 aromatic carbocycles. The number of carbonyl (C=O) groups is 1. The summed E-state index contributed by atoms with van der Waals surface area (Å²) in [4.78, 5) is 12.1. The molecule has 1 aromatic rings. The van der Waals surface area contributed by atoms with E-state index >= 15 is 0 Å². The van der Waals surface area contributed by atoms with E-state index in [0.717, 1.165) is 18.6 Å². The minimum absolute atomic E-state index is 0.122. The number of benzene rings is 1. The van der Waals surface area contributed by atoms with Crippen molar-refractivity contribution in [2.75, 3.05) is 11.9 Å². The van der Waals surface area contributed by atoms with Crippen LogP contribution in [-0.2, 0) is 11.0 Å². The average molecular weight is 351 g/mol. The summed E-state index contributed by atoms with van der Waals surface area (Å²) in [7, 11) is 0. The summed E-state index contributed by atoms with van der Waals surface area (Å²) in [5.74, 6) is -0.308. The Morgan fingerprint density at radius 2 is 2.00 bits per heavy atom. The third kappa shape index (κ3) is 2.98. The molecule has 1 aliphatic carbocycles. The summed E-state index contributed by atoms with van der Waals surface area (Å²) < 4.78 is 38.4. The second-order valence-electron chi connectivity index (χ2n) is 5.02. The Morgan fingerprint density at radius 3 is 2.45 bits per heavy atom. The van der Waals surface area contributed by atoms with Crippen LogP contribution in [0.1, 0.15) is 24.8 Å². The molecule has 0 heterocycles. The zero-order valence-electron chi connectivity index (χ0n) is 10.6. The Kier molecular flexibility index (Phi) is 4.11. The molecule has 1 amide bonds. The Morgan fingerprint density at radius 1 is 1.35 bits per heavy atom. The molecule has 0 spiro atoms. The van der Waals surface area contributed by atoms with E-state index in [2.05, 4.69) is 21.2 Å². The molecule has 1 aliphatic rings. The quantitative estimate of drug-likeness (QED) is 0.875. The Bertz CT molecular complexity index is 521. The van der Waals surface area contributed by atoms with E-state index in [1.54, 1.807) is 0 Å². The molecule has 1 fully saturated rings. The van der Waals surface area contributed by atoms with E-state index in [0.29, 0.717) is 12.8 Å². The molecule has 0 radical (unpaired) electrons. The van der Waals surface area contributed by atoms with Crippen molar-refractivity contribution in [3.05, 3.63) is 28.2 Å². The molecule has 7 heteroatoms. The maximum absolute atomic E-state index is 12.7.